The van der Waals surface area contributed by atoms with E-state index in [0.29, 0.717) is 5.56 Å². The van der Waals surface area contributed by atoms with Gasteiger partial charge in [0.1, 0.15) is 0 Å². The summed E-state index contributed by atoms with van der Waals surface area (Å²) in [5.74, 6) is -0.0365. The summed E-state index contributed by atoms with van der Waals surface area (Å²) >= 11 is 0. The Morgan fingerprint density at radius 1 is 1.27 bits per heavy atom. The van der Waals surface area contributed by atoms with Crippen LogP contribution in [0.1, 0.15) is 23.2 Å². The highest BCUT2D eigenvalue weighted by Gasteiger charge is 2.08. The van der Waals surface area contributed by atoms with E-state index in [9.17, 15) is 4.79 Å². The molecular formula is C12H14N2O. The average molecular weight is 202 g/mol. The van der Waals surface area contributed by atoms with Gasteiger partial charge in [-0.25, -0.2) is 0 Å². The third-order valence-corrected chi connectivity index (χ3v) is 2.35. The second-order valence-electron chi connectivity index (χ2n) is 3.55. The molecule has 15 heavy (non-hydrogen) atoms. The van der Waals surface area contributed by atoms with Crippen molar-refractivity contribution in [1.29, 1.82) is 0 Å². The molecule has 1 aliphatic heterocycles. The van der Waals surface area contributed by atoms with E-state index in [4.69, 9.17) is 0 Å². The van der Waals surface area contributed by atoms with Gasteiger partial charge in [-0.2, -0.15) is 0 Å². The van der Waals surface area contributed by atoms with Crippen molar-refractivity contribution in [2.75, 3.05) is 6.54 Å². The number of hydrogen-bond donors (Lipinski definition) is 2. The molecule has 0 saturated carbocycles. The molecule has 78 valence electrons. The molecule has 1 aromatic rings. The summed E-state index contributed by atoms with van der Waals surface area (Å²) in [7, 11) is 0. The van der Waals surface area contributed by atoms with Crippen molar-refractivity contribution in [1.82, 2.24) is 10.6 Å². The van der Waals surface area contributed by atoms with Gasteiger partial charge in [0.15, 0.2) is 0 Å². The minimum atomic E-state index is -0.0365. The fourth-order valence-electron chi connectivity index (χ4n) is 1.55. The Kier molecular flexibility index (Phi) is 3.02. The van der Waals surface area contributed by atoms with Gasteiger partial charge in [0.05, 0.1) is 0 Å². The van der Waals surface area contributed by atoms with Gasteiger partial charge in [0.2, 0.25) is 0 Å². The molecule has 0 bridgehead atoms. The van der Waals surface area contributed by atoms with E-state index in [1.54, 1.807) is 0 Å². The predicted molar refractivity (Wildman–Crippen MR) is 59.2 cm³/mol. The fraction of sp³-hybridized carbons (Fsp3) is 0.250. The summed E-state index contributed by atoms with van der Waals surface area (Å²) in [4.78, 5) is 11.7. The van der Waals surface area contributed by atoms with Crippen molar-refractivity contribution in [3.05, 3.63) is 47.8 Å². The lowest BCUT2D eigenvalue weighted by Gasteiger charge is -2.15. The Hall–Kier alpha value is -1.77. The maximum Gasteiger partial charge on any atom is 0.255 e. The van der Waals surface area contributed by atoms with Gasteiger partial charge in [0.25, 0.3) is 5.91 Å². The summed E-state index contributed by atoms with van der Waals surface area (Å²) in [6.45, 7) is 0.991. The molecule has 1 aliphatic rings. The molecule has 1 heterocycles. The van der Waals surface area contributed by atoms with Gasteiger partial charge in [-0.05, 0) is 25.0 Å². The van der Waals surface area contributed by atoms with Crippen LogP contribution in [-0.2, 0) is 0 Å². The Morgan fingerprint density at radius 3 is 2.73 bits per heavy atom. The van der Waals surface area contributed by atoms with E-state index in [1.165, 1.54) is 0 Å². The van der Waals surface area contributed by atoms with Gasteiger partial charge in [-0.1, -0.05) is 18.2 Å². The highest BCUT2D eigenvalue weighted by molar-refractivity contribution is 5.95. The summed E-state index contributed by atoms with van der Waals surface area (Å²) in [6.07, 6.45) is 3.89. The van der Waals surface area contributed by atoms with E-state index >= 15 is 0 Å². The molecule has 2 rings (SSSR count). The molecule has 0 unspecified atom stereocenters. The Balaban J connectivity index is 2.01. The first-order chi connectivity index (χ1) is 7.36. The SMILES string of the molecule is O=C(NC1=CNCCC1)c1ccccc1. The fourth-order valence-corrected chi connectivity index (χ4v) is 1.55. The normalized spacial score (nSPS) is 15.1. The third kappa shape index (κ3) is 2.59. The van der Waals surface area contributed by atoms with Crippen LogP contribution < -0.4 is 10.6 Å². The molecule has 0 saturated heterocycles. The molecule has 0 radical (unpaired) electrons. The van der Waals surface area contributed by atoms with Crippen LogP contribution in [0.4, 0.5) is 0 Å². The Bertz CT molecular complexity index is 370. The van der Waals surface area contributed by atoms with Crippen LogP contribution in [0.5, 0.6) is 0 Å². The summed E-state index contributed by atoms with van der Waals surface area (Å²) in [5, 5.41) is 6.01. The number of rotatable bonds is 2. The number of benzene rings is 1. The molecule has 2 N–H and O–H groups in total. The third-order valence-electron chi connectivity index (χ3n) is 2.35. The lowest BCUT2D eigenvalue weighted by molar-refractivity contribution is 0.0964. The molecular weight excluding hydrogens is 188 g/mol. The van der Waals surface area contributed by atoms with Crippen molar-refractivity contribution in [3.8, 4) is 0 Å². The minimum absolute atomic E-state index is 0.0365. The van der Waals surface area contributed by atoms with Gasteiger partial charge in [0, 0.05) is 24.0 Å². The number of hydrogen-bond acceptors (Lipinski definition) is 2. The van der Waals surface area contributed by atoms with Crippen LogP contribution in [0, 0.1) is 0 Å². The van der Waals surface area contributed by atoms with E-state index in [1.807, 2.05) is 36.5 Å². The number of allylic oxidation sites excluding steroid dienone is 1. The van der Waals surface area contributed by atoms with E-state index in [2.05, 4.69) is 10.6 Å². The van der Waals surface area contributed by atoms with Crippen LogP contribution in [0.3, 0.4) is 0 Å². The predicted octanol–water partition coefficient (Wildman–Crippen LogP) is 1.64. The van der Waals surface area contributed by atoms with Crippen LogP contribution in [0.25, 0.3) is 0 Å². The van der Waals surface area contributed by atoms with Crippen LogP contribution in [-0.4, -0.2) is 12.5 Å². The summed E-state index contributed by atoms with van der Waals surface area (Å²) in [5.41, 5.74) is 1.67. The molecule has 0 aliphatic carbocycles. The molecule has 0 spiro atoms. The first-order valence-electron chi connectivity index (χ1n) is 5.15. The van der Waals surface area contributed by atoms with Crippen molar-refractivity contribution < 1.29 is 4.79 Å². The quantitative estimate of drug-likeness (QED) is 0.765. The number of carbonyl (C=O) groups excluding carboxylic acids is 1. The van der Waals surface area contributed by atoms with Crippen LogP contribution >= 0.6 is 0 Å². The van der Waals surface area contributed by atoms with Crippen molar-refractivity contribution in [3.63, 3.8) is 0 Å². The first-order valence-corrected chi connectivity index (χ1v) is 5.15. The lowest BCUT2D eigenvalue weighted by atomic mass is 10.1. The average Bonchev–Trinajstić information content (AvgIpc) is 2.31. The minimum Gasteiger partial charge on any atom is -0.389 e. The molecule has 0 fully saturated rings. The van der Waals surface area contributed by atoms with Crippen molar-refractivity contribution in [2.45, 2.75) is 12.8 Å². The molecule has 3 nitrogen and oxygen atoms in total. The van der Waals surface area contributed by atoms with Crippen LogP contribution in [0.15, 0.2) is 42.2 Å². The second-order valence-corrected chi connectivity index (χ2v) is 3.55. The zero-order valence-electron chi connectivity index (χ0n) is 8.49. The highest BCUT2D eigenvalue weighted by atomic mass is 16.1. The second kappa shape index (κ2) is 4.64. The van der Waals surface area contributed by atoms with Gasteiger partial charge >= 0.3 is 0 Å². The van der Waals surface area contributed by atoms with E-state index < -0.39 is 0 Å². The highest BCUT2D eigenvalue weighted by Crippen LogP contribution is 2.06. The summed E-state index contributed by atoms with van der Waals surface area (Å²) < 4.78 is 0. The van der Waals surface area contributed by atoms with Crippen molar-refractivity contribution in [2.24, 2.45) is 0 Å². The maximum atomic E-state index is 11.7. The number of amides is 1. The standard InChI is InChI=1S/C12H14N2O/c15-12(10-5-2-1-3-6-10)14-11-7-4-8-13-9-11/h1-3,5-6,9,13H,4,7-8H2,(H,14,15). The van der Waals surface area contributed by atoms with Gasteiger partial charge < -0.3 is 10.6 Å². The van der Waals surface area contributed by atoms with Crippen LogP contribution in [0.2, 0.25) is 0 Å². The number of carbonyl (C=O) groups is 1. The summed E-state index contributed by atoms with van der Waals surface area (Å²) in [6, 6.07) is 9.25. The van der Waals surface area contributed by atoms with E-state index in [0.717, 1.165) is 25.1 Å². The molecule has 0 atom stereocenters. The van der Waals surface area contributed by atoms with Gasteiger partial charge in [-0.3, -0.25) is 4.79 Å². The van der Waals surface area contributed by atoms with E-state index in [-0.39, 0.29) is 5.91 Å². The smallest absolute Gasteiger partial charge is 0.255 e. The number of nitrogens with one attached hydrogen (secondary N) is 2. The molecule has 1 amide bonds. The van der Waals surface area contributed by atoms with Gasteiger partial charge in [-0.15, -0.1) is 0 Å². The topological polar surface area (TPSA) is 41.1 Å². The molecule has 3 heteroatoms. The maximum absolute atomic E-state index is 11.7. The first kappa shape index (κ1) is 9.77. The zero-order valence-corrected chi connectivity index (χ0v) is 8.49. The largest absolute Gasteiger partial charge is 0.389 e. The lowest BCUT2D eigenvalue weighted by Crippen LogP contribution is -2.27. The zero-order chi connectivity index (χ0) is 10.5. The molecule has 0 aromatic heterocycles. The Labute approximate surface area is 89.2 Å². The Morgan fingerprint density at radius 2 is 2.07 bits per heavy atom. The molecule has 1 aromatic carbocycles. The van der Waals surface area contributed by atoms with Crippen molar-refractivity contribution >= 4 is 5.91 Å². The monoisotopic (exact) mass is 202 g/mol.